The molecule has 0 spiro atoms. The van der Waals surface area contributed by atoms with Gasteiger partial charge in [0.2, 0.25) is 0 Å². The van der Waals surface area contributed by atoms with Crippen LogP contribution in [0.4, 0.5) is 0 Å². The van der Waals surface area contributed by atoms with Crippen molar-refractivity contribution >= 4 is 7.14 Å². The van der Waals surface area contributed by atoms with Gasteiger partial charge in [0.25, 0.3) is 0 Å². The van der Waals surface area contributed by atoms with E-state index in [0.717, 1.165) is 0 Å². The molecule has 3 heteroatoms. The molecule has 1 atom stereocenters. The molecule has 0 aromatic heterocycles. The van der Waals surface area contributed by atoms with Gasteiger partial charge in [-0.05, 0) is 6.66 Å². The zero-order valence-electron chi connectivity index (χ0n) is 8.18. The number of methoxy groups -OCH3 is 1. The zero-order valence-corrected chi connectivity index (χ0v) is 9.07. The highest BCUT2D eigenvalue weighted by Gasteiger charge is 2.30. The topological polar surface area (TPSA) is 26.3 Å². The second kappa shape index (κ2) is 3.73. The number of ether oxygens (including phenoxy) is 1. The van der Waals surface area contributed by atoms with Crippen molar-refractivity contribution in [2.24, 2.45) is 0 Å². The molecule has 0 saturated heterocycles. The Balaban J connectivity index is 4.12. The zero-order chi connectivity index (χ0) is 9.12. The van der Waals surface area contributed by atoms with Gasteiger partial charge in [0.1, 0.15) is 0 Å². The predicted octanol–water partition coefficient (Wildman–Crippen LogP) is 2.42. The van der Waals surface area contributed by atoms with Crippen LogP contribution >= 0.6 is 7.14 Å². The first-order chi connectivity index (χ1) is 4.81. The van der Waals surface area contributed by atoms with E-state index in [0.29, 0.717) is 12.8 Å². The molecule has 0 aromatic rings. The van der Waals surface area contributed by atoms with Gasteiger partial charge in [0.15, 0.2) is 0 Å². The molecule has 0 amide bonds. The summed E-state index contributed by atoms with van der Waals surface area (Å²) in [6.45, 7) is 8.51. The van der Waals surface area contributed by atoms with Gasteiger partial charge in [0.05, 0.1) is 13.7 Å². The largest absolute Gasteiger partial charge is 0.384 e. The number of hydrogen-bond donors (Lipinski definition) is 0. The molecule has 2 nitrogen and oxygen atoms in total. The fraction of sp³-hybridized carbons (Fsp3) is 1.00. The van der Waals surface area contributed by atoms with Gasteiger partial charge in [-0.25, -0.2) is 0 Å². The van der Waals surface area contributed by atoms with Gasteiger partial charge in [0, 0.05) is 18.4 Å². The molecule has 11 heavy (non-hydrogen) atoms. The van der Waals surface area contributed by atoms with Crippen molar-refractivity contribution in [3.05, 3.63) is 0 Å². The van der Waals surface area contributed by atoms with Gasteiger partial charge in [-0.2, -0.15) is 0 Å². The van der Waals surface area contributed by atoms with Crippen molar-refractivity contribution in [2.45, 2.75) is 25.9 Å². The maximum absolute atomic E-state index is 11.9. The third-order valence-electron chi connectivity index (χ3n) is 2.14. The predicted molar refractivity (Wildman–Crippen MR) is 50.0 cm³/mol. The molecule has 0 rings (SSSR count). The van der Waals surface area contributed by atoms with Crippen molar-refractivity contribution in [1.29, 1.82) is 0 Å². The summed E-state index contributed by atoms with van der Waals surface area (Å²) in [5.41, 5.74) is 0. The molecule has 0 aliphatic heterocycles. The highest BCUT2D eigenvalue weighted by Crippen LogP contribution is 2.53. The van der Waals surface area contributed by atoms with Crippen LogP contribution in [0.5, 0.6) is 0 Å². The quantitative estimate of drug-likeness (QED) is 0.620. The Hall–Kier alpha value is 0.190. The highest BCUT2D eigenvalue weighted by atomic mass is 31.2. The molecule has 0 fully saturated rings. The van der Waals surface area contributed by atoms with E-state index >= 15 is 0 Å². The lowest BCUT2D eigenvalue weighted by Gasteiger charge is -2.27. The van der Waals surface area contributed by atoms with Crippen LogP contribution in [0.1, 0.15) is 20.8 Å². The third kappa shape index (κ3) is 3.39. The van der Waals surface area contributed by atoms with Crippen LogP contribution in [0.3, 0.4) is 0 Å². The van der Waals surface area contributed by atoms with Gasteiger partial charge >= 0.3 is 0 Å². The molecule has 0 N–H and O–H groups in total. The average Bonchev–Trinajstić information content (AvgIpc) is 1.81. The van der Waals surface area contributed by atoms with Crippen molar-refractivity contribution in [3.63, 3.8) is 0 Å². The Labute approximate surface area is 69.7 Å². The van der Waals surface area contributed by atoms with Crippen LogP contribution in [-0.4, -0.2) is 31.7 Å². The minimum absolute atomic E-state index is 0.0778. The van der Waals surface area contributed by atoms with E-state index in [1.807, 2.05) is 27.4 Å². The smallest absolute Gasteiger partial charge is 0.0920 e. The lowest BCUT2D eigenvalue weighted by Crippen LogP contribution is -2.17. The summed E-state index contributed by atoms with van der Waals surface area (Å²) in [6.07, 6.45) is 0.688. The summed E-state index contributed by atoms with van der Waals surface area (Å²) in [5.74, 6) is 0. The minimum Gasteiger partial charge on any atom is -0.384 e. The first kappa shape index (κ1) is 11.2. The van der Waals surface area contributed by atoms with Crippen LogP contribution < -0.4 is 0 Å². The van der Waals surface area contributed by atoms with Gasteiger partial charge < -0.3 is 9.30 Å². The molecular weight excluding hydrogens is 159 g/mol. The summed E-state index contributed by atoms with van der Waals surface area (Å²) < 4.78 is 16.8. The van der Waals surface area contributed by atoms with E-state index in [1.54, 1.807) is 7.11 Å². The maximum atomic E-state index is 11.9. The molecule has 68 valence electrons. The molecular formula is C8H19O2P. The summed E-state index contributed by atoms with van der Waals surface area (Å²) >= 11 is 0. The second-order valence-corrected chi connectivity index (χ2v) is 7.98. The molecule has 0 heterocycles. The van der Waals surface area contributed by atoms with Crippen LogP contribution in [0.15, 0.2) is 0 Å². The van der Waals surface area contributed by atoms with E-state index in [9.17, 15) is 4.57 Å². The minimum atomic E-state index is -2.02. The monoisotopic (exact) mass is 178 g/mol. The van der Waals surface area contributed by atoms with Crippen LogP contribution in [0.2, 0.25) is 0 Å². The van der Waals surface area contributed by atoms with E-state index < -0.39 is 7.14 Å². The molecule has 0 aliphatic carbocycles. The van der Waals surface area contributed by atoms with E-state index in [2.05, 4.69) is 0 Å². The Kier molecular flexibility index (Phi) is 3.79. The van der Waals surface area contributed by atoms with Crippen molar-refractivity contribution in [1.82, 2.24) is 0 Å². The SMILES string of the molecule is COCCP(C)(=O)C(C)(C)C. The fourth-order valence-electron chi connectivity index (χ4n) is 0.601. The van der Waals surface area contributed by atoms with Crippen LogP contribution in [0.25, 0.3) is 0 Å². The number of rotatable bonds is 3. The molecule has 0 saturated carbocycles. The third-order valence-corrected chi connectivity index (χ3v) is 6.02. The lowest BCUT2D eigenvalue weighted by molar-refractivity contribution is 0.216. The molecule has 0 aromatic carbocycles. The summed E-state index contributed by atoms with van der Waals surface area (Å²) in [5, 5.41) is -0.0778. The molecule has 0 radical (unpaired) electrons. The maximum Gasteiger partial charge on any atom is 0.0920 e. The Morgan fingerprint density at radius 3 is 2.09 bits per heavy atom. The highest BCUT2D eigenvalue weighted by molar-refractivity contribution is 7.64. The first-order valence-corrected chi connectivity index (χ1v) is 6.21. The number of hydrogen-bond acceptors (Lipinski definition) is 2. The lowest BCUT2D eigenvalue weighted by atomic mass is 10.3. The Morgan fingerprint density at radius 1 is 1.36 bits per heavy atom. The molecule has 0 bridgehead atoms. The molecule has 0 aliphatic rings. The van der Waals surface area contributed by atoms with E-state index in [4.69, 9.17) is 4.74 Å². The van der Waals surface area contributed by atoms with Crippen molar-refractivity contribution in [3.8, 4) is 0 Å². The second-order valence-electron chi connectivity index (χ2n) is 3.99. The summed E-state index contributed by atoms with van der Waals surface area (Å²) in [6, 6.07) is 0. The van der Waals surface area contributed by atoms with Crippen LogP contribution in [0, 0.1) is 0 Å². The summed E-state index contributed by atoms with van der Waals surface area (Å²) in [4.78, 5) is 0. The van der Waals surface area contributed by atoms with Crippen LogP contribution in [-0.2, 0) is 9.30 Å². The Morgan fingerprint density at radius 2 is 1.82 bits per heavy atom. The normalized spacial score (nSPS) is 17.9. The van der Waals surface area contributed by atoms with Gasteiger partial charge in [-0.1, -0.05) is 20.8 Å². The van der Waals surface area contributed by atoms with Crippen molar-refractivity contribution < 1.29 is 9.30 Å². The van der Waals surface area contributed by atoms with Gasteiger partial charge in [-0.15, -0.1) is 0 Å². The summed E-state index contributed by atoms with van der Waals surface area (Å²) in [7, 11) is -0.376. The molecule has 1 unspecified atom stereocenters. The fourth-order valence-corrected chi connectivity index (χ4v) is 1.80. The first-order valence-electron chi connectivity index (χ1n) is 3.87. The van der Waals surface area contributed by atoms with E-state index in [-0.39, 0.29) is 5.16 Å². The van der Waals surface area contributed by atoms with Gasteiger partial charge in [-0.3, -0.25) is 0 Å². The van der Waals surface area contributed by atoms with E-state index in [1.165, 1.54) is 0 Å². The Bertz CT molecular complexity index is 158. The average molecular weight is 178 g/mol. The standard InChI is InChI=1S/C8H19O2P/c1-8(2,3)11(5,9)7-6-10-4/h6-7H2,1-5H3. The van der Waals surface area contributed by atoms with Crippen molar-refractivity contribution in [2.75, 3.05) is 26.5 Å².